The normalized spacial score (nSPS) is 19.6. The predicted molar refractivity (Wildman–Crippen MR) is 125 cm³/mol. The summed E-state index contributed by atoms with van der Waals surface area (Å²) in [6, 6.07) is 5.62. The van der Waals surface area contributed by atoms with E-state index >= 15 is 0 Å². The molecule has 2 fully saturated rings. The molecule has 1 amide bonds. The number of ether oxygens (including phenoxy) is 3. The van der Waals surface area contributed by atoms with Crippen LogP contribution in [0.15, 0.2) is 30.6 Å². The first-order chi connectivity index (χ1) is 16.0. The largest absolute Gasteiger partial charge is 0.490 e. The number of aromatic amines is 1. The molecule has 0 aromatic carbocycles. The number of likely N-dealkylation sites (N-methyl/N-ethyl adjacent to an activating group) is 1. The summed E-state index contributed by atoms with van der Waals surface area (Å²) in [6.45, 7) is 1.47. The van der Waals surface area contributed by atoms with Gasteiger partial charge in [-0.3, -0.25) is 4.79 Å². The smallest absolute Gasteiger partial charge is 0.231 e. The van der Waals surface area contributed by atoms with Gasteiger partial charge in [-0.2, -0.15) is 0 Å². The zero-order valence-corrected chi connectivity index (χ0v) is 19.1. The molecule has 9 heteroatoms. The number of aromatic nitrogens is 3. The Hall–Kier alpha value is -3.17. The first kappa shape index (κ1) is 21.7. The molecule has 174 valence electrons. The molecular formula is C24H29N5O4. The van der Waals surface area contributed by atoms with Gasteiger partial charge in [0.25, 0.3) is 0 Å². The zero-order valence-electron chi connectivity index (χ0n) is 19.1. The number of nitrogens with one attached hydrogen (secondary N) is 2. The van der Waals surface area contributed by atoms with Gasteiger partial charge < -0.3 is 29.4 Å². The number of hydrogen-bond donors (Lipinski definition) is 2. The van der Waals surface area contributed by atoms with Crippen LogP contribution in [0, 0.1) is 5.92 Å². The Labute approximate surface area is 192 Å². The summed E-state index contributed by atoms with van der Waals surface area (Å²) < 4.78 is 17.4. The fraction of sp³-hybridized carbons (Fsp3) is 0.458. The molecule has 2 aliphatic rings. The first-order valence-electron chi connectivity index (χ1n) is 11.3. The second-order valence-electron chi connectivity index (χ2n) is 8.85. The van der Waals surface area contributed by atoms with Gasteiger partial charge in [-0.15, -0.1) is 0 Å². The van der Waals surface area contributed by atoms with Gasteiger partial charge in [0.1, 0.15) is 17.2 Å². The zero-order chi connectivity index (χ0) is 22.9. The first-order valence-corrected chi connectivity index (χ1v) is 11.3. The SMILES string of the molecule is COc1nccc(OC2CC2)c1-c1c[nH]c2nc(NC(=O)C3CC3OCCN(C)C)ccc12. The quantitative estimate of drug-likeness (QED) is 0.488. The van der Waals surface area contributed by atoms with Crippen molar-refractivity contribution in [2.24, 2.45) is 5.92 Å². The van der Waals surface area contributed by atoms with Crippen LogP contribution >= 0.6 is 0 Å². The monoisotopic (exact) mass is 451 g/mol. The Bertz CT molecular complexity index is 1160. The highest BCUT2D eigenvalue weighted by molar-refractivity contribution is 5.99. The van der Waals surface area contributed by atoms with Crippen LogP contribution in [-0.2, 0) is 9.53 Å². The van der Waals surface area contributed by atoms with Crippen LogP contribution in [0.1, 0.15) is 19.3 Å². The summed E-state index contributed by atoms with van der Waals surface area (Å²) in [4.78, 5) is 26.8. The third kappa shape index (κ3) is 4.79. The molecule has 3 aromatic heterocycles. The minimum absolute atomic E-state index is 0.00583. The molecule has 0 spiro atoms. The van der Waals surface area contributed by atoms with Crippen molar-refractivity contribution in [3.8, 4) is 22.8 Å². The Morgan fingerprint density at radius 2 is 2.12 bits per heavy atom. The van der Waals surface area contributed by atoms with Crippen LogP contribution in [0.4, 0.5) is 5.82 Å². The van der Waals surface area contributed by atoms with Crippen molar-refractivity contribution in [1.82, 2.24) is 19.9 Å². The summed E-state index contributed by atoms with van der Waals surface area (Å²) in [7, 11) is 5.60. The number of pyridine rings is 2. The van der Waals surface area contributed by atoms with Crippen molar-refractivity contribution in [3.63, 3.8) is 0 Å². The number of carbonyl (C=O) groups excluding carboxylic acids is 1. The lowest BCUT2D eigenvalue weighted by Gasteiger charge is -2.13. The summed E-state index contributed by atoms with van der Waals surface area (Å²) in [5.41, 5.74) is 2.36. The Kier molecular flexibility index (Phi) is 5.90. The second kappa shape index (κ2) is 8.99. The van der Waals surface area contributed by atoms with Crippen LogP contribution < -0.4 is 14.8 Å². The van der Waals surface area contributed by atoms with E-state index in [-0.39, 0.29) is 24.0 Å². The third-order valence-electron chi connectivity index (χ3n) is 5.89. The van der Waals surface area contributed by atoms with E-state index in [0.717, 1.165) is 48.1 Å². The molecule has 0 radical (unpaired) electrons. The van der Waals surface area contributed by atoms with Crippen molar-refractivity contribution in [2.45, 2.75) is 31.5 Å². The molecule has 33 heavy (non-hydrogen) atoms. The lowest BCUT2D eigenvalue weighted by molar-refractivity contribution is -0.118. The van der Waals surface area contributed by atoms with E-state index < -0.39 is 0 Å². The molecule has 2 atom stereocenters. The topological polar surface area (TPSA) is 102 Å². The van der Waals surface area contributed by atoms with Gasteiger partial charge in [-0.25, -0.2) is 9.97 Å². The number of amides is 1. The lowest BCUT2D eigenvalue weighted by atomic mass is 10.1. The van der Waals surface area contributed by atoms with Crippen molar-refractivity contribution >= 4 is 22.8 Å². The van der Waals surface area contributed by atoms with E-state index in [2.05, 4.69) is 25.2 Å². The fourth-order valence-electron chi connectivity index (χ4n) is 3.81. The van der Waals surface area contributed by atoms with Crippen molar-refractivity contribution in [1.29, 1.82) is 0 Å². The highest BCUT2D eigenvalue weighted by Gasteiger charge is 2.44. The van der Waals surface area contributed by atoms with Gasteiger partial charge in [0.05, 0.1) is 37.4 Å². The van der Waals surface area contributed by atoms with Crippen LogP contribution in [-0.4, -0.2) is 72.3 Å². The Balaban J connectivity index is 1.32. The second-order valence-corrected chi connectivity index (χ2v) is 8.85. The maximum absolute atomic E-state index is 12.6. The molecule has 0 saturated heterocycles. The molecule has 0 bridgehead atoms. The maximum atomic E-state index is 12.6. The van der Waals surface area contributed by atoms with Gasteiger partial charge >= 0.3 is 0 Å². The lowest BCUT2D eigenvalue weighted by Crippen LogP contribution is -2.21. The van der Waals surface area contributed by atoms with E-state index in [1.165, 1.54) is 0 Å². The number of hydrogen-bond acceptors (Lipinski definition) is 7. The molecule has 3 heterocycles. The predicted octanol–water partition coefficient (Wildman–Crippen LogP) is 3.08. The van der Waals surface area contributed by atoms with Crippen molar-refractivity contribution < 1.29 is 19.0 Å². The summed E-state index contributed by atoms with van der Waals surface area (Å²) in [6.07, 6.45) is 6.68. The molecule has 2 N–H and O–H groups in total. The average molecular weight is 452 g/mol. The number of fused-ring (bicyclic) bond motifs is 1. The molecule has 2 unspecified atom stereocenters. The van der Waals surface area contributed by atoms with Crippen LogP contribution in [0.5, 0.6) is 11.6 Å². The highest BCUT2D eigenvalue weighted by atomic mass is 16.5. The van der Waals surface area contributed by atoms with E-state index in [4.69, 9.17) is 14.2 Å². The number of anilines is 1. The standard InChI is InChI=1S/C24H29N5O4/c1-29(2)10-11-32-19-12-16(19)23(30)28-20-7-6-15-17(13-26-22(15)27-20)21-18(33-14-4-5-14)8-9-25-24(21)31-3/h6-9,13-14,16,19H,4-5,10-12H2,1-3H3,(H2,26,27,28,30). The van der Waals surface area contributed by atoms with Crippen LogP contribution in [0.2, 0.25) is 0 Å². The Morgan fingerprint density at radius 1 is 1.27 bits per heavy atom. The van der Waals surface area contributed by atoms with Gasteiger partial charge in [-0.1, -0.05) is 0 Å². The maximum Gasteiger partial charge on any atom is 0.231 e. The van der Waals surface area contributed by atoms with Crippen molar-refractivity contribution in [3.05, 3.63) is 30.6 Å². The molecule has 2 saturated carbocycles. The van der Waals surface area contributed by atoms with Gasteiger partial charge in [-0.05, 0) is 51.6 Å². The van der Waals surface area contributed by atoms with Gasteiger partial charge in [0.2, 0.25) is 11.8 Å². The number of carbonyl (C=O) groups is 1. The number of methoxy groups -OCH3 is 1. The Morgan fingerprint density at radius 3 is 2.88 bits per heavy atom. The fourth-order valence-corrected chi connectivity index (χ4v) is 3.81. The van der Waals surface area contributed by atoms with Gasteiger partial charge in [0, 0.05) is 29.9 Å². The van der Waals surface area contributed by atoms with E-state index in [1.807, 2.05) is 38.5 Å². The number of nitrogens with zero attached hydrogens (tertiary/aromatic N) is 3. The molecule has 2 aliphatic carbocycles. The molecule has 0 aliphatic heterocycles. The number of H-pyrrole nitrogens is 1. The van der Waals surface area contributed by atoms with Crippen LogP contribution in [0.25, 0.3) is 22.2 Å². The minimum atomic E-state index is -0.120. The average Bonchev–Trinajstić information content (AvgIpc) is 3.72. The summed E-state index contributed by atoms with van der Waals surface area (Å²) >= 11 is 0. The van der Waals surface area contributed by atoms with Crippen LogP contribution in [0.3, 0.4) is 0 Å². The third-order valence-corrected chi connectivity index (χ3v) is 5.89. The number of rotatable bonds is 10. The summed E-state index contributed by atoms with van der Waals surface area (Å²) in [5.74, 6) is 1.58. The minimum Gasteiger partial charge on any atom is -0.490 e. The molecular weight excluding hydrogens is 422 g/mol. The molecule has 3 aromatic rings. The molecule has 5 rings (SSSR count). The van der Waals surface area contributed by atoms with E-state index in [0.29, 0.717) is 24.0 Å². The van der Waals surface area contributed by atoms with E-state index in [9.17, 15) is 4.79 Å². The van der Waals surface area contributed by atoms with Crippen molar-refractivity contribution in [2.75, 3.05) is 39.7 Å². The molecule has 9 nitrogen and oxygen atoms in total. The van der Waals surface area contributed by atoms with Gasteiger partial charge in [0.15, 0.2) is 0 Å². The van der Waals surface area contributed by atoms with E-state index in [1.54, 1.807) is 13.3 Å². The summed E-state index contributed by atoms with van der Waals surface area (Å²) in [5, 5.41) is 3.82. The highest BCUT2D eigenvalue weighted by Crippen LogP contribution is 2.42.